The molecule has 1 fully saturated rings. The third-order valence-corrected chi connectivity index (χ3v) is 3.89. The Balaban J connectivity index is 1.87. The van der Waals surface area contributed by atoms with Crippen molar-refractivity contribution in [3.63, 3.8) is 0 Å². The number of aromatic amines is 1. The summed E-state index contributed by atoms with van der Waals surface area (Å²) < 4.78 is 5.14. The number of aromatic carboxylic acids is 1. The van der Waals surface area contributed by atoms with Crippen LogP contribution in [0.3, 0.4) is 0 Å². The molecule has 6 nitrogen and oxygen atoms in total. The SMILES string of the molecule is COC1CN(C(=O)Cc2c(C(=O)O)[nH]c3ccccc23)C1. The highest BCUT2D eigenvalue weighted by Gasteiger charge is 2.31. The molecule has 2 aromatic rings. The zero-order valence-corrected chi connectivity index (χ0v) is 11.6. The maximum atomic E-state index is 12.2. The summed E-state index contributed by atoms with van der Waals surface area (Å²) in [5.41, 5.74) is 1.37. The van der Waals surface area contributed by atoms with Crippen LogP contribution in [0, 0.1) is 0 Å². The van der Waals surface area contributed by atoms with E-state index in [0.717, 1.165) is 10.9 Å². The van der Waals surface area contributed by atoms with Crippen molar-refractivity contribution in [1.29, 1.82) is 0 Å². The number of carbonyl (C=O) groups excluding carboxylic acids is 1. The summed E-state index contributed by atoms with van der Waals surface area (Å²) in [5.74, 6) is -1.12. The summed E-state index contributed by atoms with van der Waals surface area (Å²) in [6, 6.07) is 7.30. The maximum absolute atomic E-state index is 12.2. The highest BCUT2D eigenvalue weighted by molar-refractivity contribution is 6.00. The Bertz CT molecular complexity index is 701. The van der Waals surface area contributed by atoms with Crippen molar-refractivity contribution in [1.82, 2.24) is 9.88 Å². The number of methoxy groups -OCH3 is 1. The molecule has 0 aliphatic carbocycles. The molecule has 0 unspecified atom stereocenters. The standard InChI is InChI=1S/C15H16N2O4/c1-21-9-7-17(8-9)13(18)6-11-10-4-2-3-5-12(10)16-14(11)15(19)20/h2-5,9,16H,6-8H2,1H3,(H,19,20). The predicted octanol–water partition coefficient (Wildman–Crippen LogP) is 1.27. The van der Waals surface area contributed by atoms with E-state index in [9.17, 15) is 14.7 Å². The van der Waals surface area contributed by atoms with Gasteiger partial charge in [-0.25, -0.2) is 4.79 Å². The number of ether oxygens (including phenoxy) is 1. The van der Waals surface area contributed by atoms with Crippen LogP contribution in [0.4, 0.5) is 0 Å². The summed E-state index contributed by atoms with van der Waals surface area (Å²) in [5, 5.41) is 10.1. The van der Waals surface area contributed by atoms with Gasteiger partial charge in [-0.2, -0.15) is 0 Å². The number of likely N-dealkylation sites (tertiary alicyclic amines) is 1. The Labute approximate surface area is 121 Å². The number of nitrogens with zero attached hydrogens (tertiary/aromatic N) is 1. The monoisotopic (exact) mass is 288 g/mol. The molecule has 1 aliphatic rings. The quantitative estimate of drug-likeness (QED) is 0.887. The van der Waals surface area contributed by atoms with E-state index in [1.54, 1.807) is 18.1 Å². The second-order valence-electron chi connectivity index (χ2n) is 5.16. The molecule has 21 heavy (non-hydrogen) atoms. The average molecular weight is 288 g/mol. The Kier molecular flexibility index (Phi) is 3.39. The van der Waals surface area contributed by atoms with E-state index in [0.29, 0.717) is 18.7 Å². The van der Waals surface area contributed by atoms with Crippen molar-refractivity contribution < 1.29 is 19.4 Å². The number of amides is 1. The highest BCUT2D eigenvalue weighted by atomic mass is 16.5. The van der Waals surface area contributed by atoms with E-state index in [1.807, 2.05) is 18.2 Å². The van der Waals surface area contributed by atoms with Gasteiger partial charge in [0.25, 0.3) is 0 Å². The van der Waals surface area contributed by atoms with Crippen LogP contribution >= 0.6 is 0 Å². The molecule has 0 saturated carbocycles. The van der Waals surface area contributed by atoms with Gasteiger partial charge < -0.3 is 19.7 Å². The molecule has 2 N–H and O–H groups in total. The van der Waals surface area contributed by atoms with Gasteiger partial charge >= 0.3 is 5.97 Å². The maximum Gasteiger partial charge on any atom is 0.352 e. The van der Waals surface area contributed by atoms with Crippen LogP contribution in [0.15, 0.2) is 24.3 Å². The van der Waals surface area contributed by atoms with Crippen LogP contribution in [0.25, 0.3) is 10.9 Å². The van der Waals surface area contributed by atoms with Crippen LogP contribution in [0.5, 0.6) is 0 Å². The topological polar surface area (TPSA) is 82.6 Å². The summed E-state index contributed by atoms with van der Waals surface area (Å²) in [6.45, 7) is 1.14. The molecule has 1 saturated heterocycles. The minimum absolute atomic E-state index is 0.0736. The number of rotatable bonds is 4. The van der Waals surface area contributed by atoms with E-state index >= 15 is 0 Å². The zero-order chi connectivity index (χ0) is 15.0. The van der Waals surface area contributed by atoms with Crippen LogP contribution in [0.2, 0.25) is 0 Å². The molecule has 0 radical (unpaired) electrons. The number of hydrogen-bond acceptors (Lipinski definition) is 3. The van der Waals surface area contributed by atoms with Gasteiger partial charge in [-0.05, 0) is 6.07 Å². The lowest BCUT2D eigenvalue weighted by atomic mass is 10.0. The minimum Gasteiger partial charge on any atom is -0.477 e. The van der Waals surface area contributed by atoms with Crippen LogP contribution in [0.1, 0.15) is 16.1 Å². The fourth-order valence-electron chi connectivity index (χ4n) is 2.62. The zero-order valence-electron chi connectivity index (χ0n) is 11.6. The number of carbonyl (C=O) groups is 2. The third-order valence-electron chi connectivity index (χ3n) is 3.89. The van der Waals surface area contributed by atoms with Crippen molar-refractivity contribution in [3.05, 3.63) is 35.5 Å². The van der Waals surface area contributed by atoms with Crippen molar-refractivity contribution in [2.24, 2.45) is 0 Å². The van der Waals surface area contributed by atoms with Gasteiger partial charge in [0, 0.05) is 36.7 Å². The average Bonchev–Trinajstić information content (AvgIpc) is 2.77. The van der Waals surface area contributed by atoms with Crippen LogP contribution in [-0.4, -0.2) is 53.2 Å². The molecule has 2 heterocycles. The van der Waals surface area contributed by atoms with Gasteiger partial charge in [0.1, 0.15) is 5.69 Å². The molecular weight excluding hydrogens is 272 g/mol. The first kappa shape index (κ1) is 13.6. The Morgan fingerprint density at radius 1 is 1.38 bits per heavy atom. The van der Waals surface area contributed by atoms with E-state index in [1.165, 1.54) is 0 Å². The van der Waals surface area contributed by atoms with Gasteiger partial charge in [0.15, 0.2) is 0 Å². The van der Waals surface area contributed by atoms with Crippen molar-refractivity contribution in [2.75, 3.05) is 20.2 Å². The summed E-state index contributed by atoms with van der Waals surface area (Å²) in [7, 11) is 1.62. The summed E-state index contributed by atoms with van der Waals surface area (Å²) in [6.07, 6.45) is 0.179. The lowest BCUT2D eigenvalue weighted by Gasteiger charge is -2.38. The molecule has 110 valence electrons. The third kappa shape index (κ3) is 2.38. The van der Waals surface area contributed by atoms with E-state index in [4.69, 9.17) is 4.74 Å². The number of nitrogens with one attached hydrogen (secondary N) is 1. The summed E-state index contributed by atoms with van der Waals surface area (Å²) >= 11 is 0. The van der Waals surface area contributed by atoms with Crippen molar-refractivity contribution >= 4 is 22.8 Å². The predicted molar refractivity (Wildman–Crippen MR) is 76.3 cm³/mol. The first-order valence-electron chi connectivity index (χ1n) is 6.73. The lowest BCUT2D eigenvalue weighted by Crippen LogP contribution is -2.54. The van der Waals surface area contributed by atoms with E-state index in [2.05, 4.69) is 4.98 Å². The van der Waals surface area contributed by atoms with Crippen molar-refractivity contribution in [3.8, 4) is 0 Å². The second kappa shape index (κ2) is 5.21. The van der Waals surface area contributed by atoms with E-state index in [-0.39, 0.29) is 24.1 Å². The number of para-hydroxylation sites is 1. The van der Waals surface area contributed by atoms with Gasteiger partial charge in [0.05, 0.1) is 12.5 Å². The molecule has 0 spiro atoms. The number of aromatic nitrogens is 1. The largest absolute Gasteiger partial charge is 0.477 e. The normalized spacial score (nSPS) is 15.2. The van der Waals surface area contributed by atoms with Gasteiger partial charge in [-0.1, -0.05) is 18.2 Å². The smallest absolute Gasteiger partial charge is 0.352 e. The molecule has 1 aromatic heterocycles. The fraction of sp³-hybridized carbons (Fsp3) is 0.333. The minimum atomic E-state index is -1.05. The van der Waals surface area contributed by atoms with Crippen LogP contribution in [-0.2, 0) is 16.0 Å². The number of hydrogen-bond donors (Lipinski definition) is 2. The highest BCUT2D eigenvalue weighted by Crippen LogP contribution is 2.24. The molecule has 1 amide bonds. The number of H-pyrrole nitrogens is 1. The Morgan fingerprint density at radius 3 is 2.76 bits per heavy atom. The van der Waals surface area contributed by atoms with Gasteiger partial charge in [-0.3, -0.25) is 4.79 Å². The molecular formula is C15H16N2O4. The second-order valence-corrected chi connectivity index (χ2v) is 5.16. The molecule has 6 heteroatoms. The number of carboxylic acids is 1. The molecule has 0 atom stereocenters. The lowest BCUT2D eigenvalue weighted by molar-refractivity contribution is -0.142. The number of benzene rings is 1. The Hall–Kier alpha value is -2.34. The van der Waals surface area contributed by atoms with Gasteiger partial charge in [0.2, 0.25) is 5.91 Å². The fourth-order valence-corrected chi connectivity index (χ4v) is 2.62. The van der Waals surface area contributed by atoms with Gasteiger partial charge in [-0.15, -0.1) is 0 Å². The molecule has 1 aliphatic heterocycles. The van der Waals surface area contributed by atoms with Crippen molar-refractivity contribution in [2.45, 2.75) is 12.5 Å². The summed E-state index contributed by atoms with van der Waals surface area (Å²) in [4.78, 5) is 28.1. The molecule has 0 bridgehead atoms. The van der Waals surface area contributed by atoms with Crippen LogP contribution < -0.4 is 0 Å². The first-order chi connectivity index (χ1) is 10.1. The number of fused-ring (bicyclic) bond motifs is 1. The molecule has 1 aromatic carbocycles. The molecule has 3 rings (SSSR count). The first-order valence-corrected chi connectivity index (χ1v) is 6.73. The Morgan fingerprint density at radius 2 is 2.10 bits per heavy atom. The number of carboxylic acid groups (broad SMARTS) is 1. The van der Waals surface area contributed by atoms with E-state index < -0.39 is 5.97 Å².